The van der Waals surface area contributed by atoms with E-state index in [4.69, 9.17) is 4.74 Å². The van der Waals surface area contributed by atoms with Gasteiger partial charge in [0.1, 0.15) is 5.75 Å². The van der Waals surface area contributed by atoms with Crippen molar-refractivity contribution < 1.29 is 22.7 Å². The number of benzene rings is 2. The highest BCUT2D eigenvalue weighted by Gasteiger charge is 2.27. The topological polar surface area (TPSA) is 105 Å². The van der Waals surface area contributed by atoms with Gasteiger partial charge in [0, 0.05) is 19.6 Å². The number of para-hydroxylation sites is 1. The molecule has 2 aromatic rings. The van der Waals surface area contributed by atoms with E-state index in [0.717, 1.165) is 25.7 Å². The summed E-state index contributed by atoms with van der Waals surface area (Å²) in [6, 6.07) is 11.0. The second-order valence-electron chi connectivity index (χ2n) is 8.78. The van der Waals surface area contributed by atoms with Crippen molar-refractivity contribution >= 4 is 27.5 Å². The summed E-state index contributed by atoms with van der Waals surface area (Å²) in [6.45, 7) is 5.43. The highest BCUT2D eigenvalue weighted by molar-refractivity contribution is 7.89. The van der Waals surface area contributed by atoms with E-state index in [0.29, 0.717) is 30.9 Å². The third-order valence-corrected chi connectivity index (χ3v) is 7.60. The summed E-state index contributed by atoms with van der Waals surface area (Å²) >= 11 is 0. The summed E-state index contributed by atoms with van der Waals surface area (Å²) in [6.07, 6.45) is 3.65. The maximum atomic E-state index is 13.2. The molecule has 1 aliphatic rings. The molecule has 0 aliphatic carbocycles. The lowest BCUT2D eigenvalue weighted by Crippen LogP contribution is -2.32. The zero-order valence-electron chi connectivity index (χ0n) is 20.0. The molecule has 1 saturated heterocycles. The smallest absolute Gasteiger partial charge is 0.259 e. The molecule has 8 nitrogen and oxygen atoms in total. The van der Waals surface area contributed by atoms with Crippen molar-refractivity contribution in [2.24, 2.45) is 5.92 Å². The Morgan fingerprint density at radius 1 is 0.971 bits per heavy atom. The monoisotopic (exact) mass is 487 g/mol. The van der Waals surface area contributed by atoms with E-state index in [2.05, 4.69) is 10.6 Å². The molecule has 3 rings (SSSR count). The van der Waals surface area contributed by atoms with Gasteiger partial charge in [0.25, 0.3) is 11.8 Å². The number of nitrogens with zero attached hydrogens (tertiary/aromatic N) is 1. The van der Waals surface area contributed by atoms with Gasteiger partial charge in [-0.3, -0.25) is 9.59 Å². The number of hydrogen-bond donors (Lipinski definition) is 2. The average Bonchev–Trinajstić information content (AvgIpc) is 3.12. The molecule has 1 fully saturated rings. The lowest BCUT2D eigenvalue weighted by molar-refractivity contribution is 0.0950. The van der Waals surface area contributed by atoms with Crippen LogP contribution >= 0.6 is 0 Å². The first-order chi connectivity index (χ1) is 16.2. The highest BCUT2D eigenvalue weighted by Crippen LogP contribution is 2.27. The van der Waals surface area contributed by atoms with Crippen molar-refractivity contribution in [3.05, 3.63) is 53.6 Å². The van der Waals surface area contributed by atoms with E-state index in [-0.39, 0.29) is 28.0 Å². The molecule has 2 N–H and O–H groups in total. The molecule has 34 heavy (non-hydrogen) atoms. The first-order valence-electron chi connectivity index (χ1n) is 11.6. The Hall–Kier alpha value is -2.91. The van der Waals surface area contributed by atoms with Gasteiger partial charge in [0.05, 0.1) is 28.8 Å². The van der Waals surface area contributed by atoms with E-state index < -0.39 is 15.9 Å². The summed E-state index contributed by atoms with van der Waals surface area (Å²) in [4.78, 5) is 25.9. The molecule has 0 radical (unpaired) electrons. The molecule has 0 spiro atoms. The minimum atomic E-state index is -3.74. The van der Waals surface area contributed by atoms with Crippen molar-refractivity contribution in [3.63, 3.8) is 0 Å². The zero-order chi connectivity index (χ0) is 24.7. The fourth-order valence-electron chi connectivity index (χ4n) is 3.83. The third kappa shape index (κ3) is 6.15. The van der Waals surface area contributed by atoms with E-state index in [9.17, 15) is 18.0 Å². The van der Waals surface area contributed by atoms with Crippen LogP contribution in [0.4, 0.5) is 5.69 Å². The second kappa shape index (κ2) is 11.5. The van der Waals surface area contributed by atoms with Crippen molar-refractivity contribution in [3.8, 4) is 5.75 Å². The Labute approximate surface area is 201 Å². The molecule has 1 heterocycles. The Morgan fingerprint density at radius 2 is 1.65 bits per heavy atom. The summed E-state index contributed by atoms with van der Waals surface area (Å²) in [5, 5.41) is 5.60. The Morgan fingerprint density at radius 3 is 2.29 bits per heavy atom. The number of nitrogens with one attached hydrogen (secondary N) is 2. The molecule has 0 aromatic heterocycles. The molecular formula is C25H33N3O5S. The SMILES string of the molecule is COc1ccc(S(=O)(=O)N2CCCCCC2)cc1C(=O)Nc1ccccc1C(=O)NCC(C)C. The van der Waals surface area contributed by atoms with Crippen LogP contribution in [-0.4, -0.2) is 51.3 Å². The quantitative estimate of drug-likeness (QED) is 0.588. The van der Waals surface area contributed by atoms with Crippen LogP contribution in [0.15, 0.2) is 47.4 Å². The summed E-state index contributed by atoms with van der Waals surface area (Å²) in [5.74, 6) is -0.333. The third-order valence-electron chi connectivity index (χ3n) is 5.71. The molecule has 9 heteroatoms. The maximum Gasteiger partial charge on any atom is 0.259 e. The van der Waals surface area contributed by atoms with E-state index in [1.165, 1.54) is 29.6 Å². The van der Waals surface area contributed by atoms with Gasteiger partial charge in [-0.1, -0.05) is 38.8 Å². The zero-order valence-corrected chi connectivity index (χ0v) is 20.8. The summed E-state index contributed by atoms with van der Waals surface area (Å²) in [7, 11) is -2.32. The summed E-state index contributed by atoms with van der Waals surface area (Å²) in [5.41, 5.74) is 0.733. The van der Waals surface area contributed by atoms with Crippen LogP contribution in [0.5, 0.6) is 5.75 Å². The normalized spacial score (nSPS) is 14.9. The predicted octanol–water partition coefficient (Wildman–Crippen LogP) is 3.90. The lowest BCUT2D eigenvalue weighted by Gasteiger charge is -2.21. The number of ether oxygens (including phenoxy) is 1. The van der Waals surface area contributed by atoms with Crippen LogP contribution < -0.4 is 15.4 Å². The predicted molar refractivity (Wildman–Crippen MR) is 132 cm³/mol. The molecule has 0 unspecified atom stereocenters. The molecule has 1 aliphatic heterocycles. The van der Waals surface area contributed by atoms with Gasteiger partial charge in [-0.15, -0.1) is 0 Å². The van der Waals surface area contributed by atoms with Crippen molar-refractivity contribution in [2.45, 2.75) is 44.4 Å². The van der Waals surface area contributed by atoms with E-state index in [1.54, 1.807) is 24.3 Å². The number of amides is 2. The van der Waals surface area contributed by atoms with Gasteiger partial charge in [-0.2, -0.15) is 4.31 Å². The van der Waals surface area contributed by atoms with Gasteiger partial charge in [0.15, 0.2) is 0 Å². The van der Waals surface area contributed by atoms with Crippen LogP contribution in [0.3, 0.4) is 0 Å². The molecule has 2 aromatic carbocycles. The van der Waals surface area contributed by atoms with E-state index >= 15 is 0 Å². The molecular weight excluding hydrogens is 454 g/mol. The number of hydrogen-bond acceptors (Lipinski definition) is 5. The molecule has 0 bridgehead atoms. The lowest BCUT2D eigenvalue weighted by atomic mass is 10.1. The molecule has 0 atom stereocenters. The number of sulfonamides is 1. The average molecular weight is 488 g/mol. The number of carbonyl (C=O) groups excluding carboxylic acids is 2. The van der Waals surface area contributed by atoms with Crippen LogP contribution in [0.25, 0.3) is 0 Å². The summed E-state index contributed by atoms with van der Waals surface area (Å²) < 4.78 is 33.3. The standard InChI is InChI=1S/C25H33N3O5S/c1-18(2)17-26-24(29)20-10-6-7-11-22(20)27-25(30)21-16-19(12-13-23(21)33-3)34(31,32)28-14-8-4-5-9-15-28/h6-7,10-13,16,18H,4-5,8-9,14-15,17H2,1-3H3,(H,26,29)(H,27,30). The molecule has 0 saturated carbocycles. The van der Waals surface area contributed by atoms with Gasteiger partial charge in [-0.05, 0) is 49.1 Å². The second-order valence-corrected chi connectivity index (χ2v) is 10.7. The van der Waals surface area contributed by atoms with E-state index in [1.807, 2.05) is 13.8 Å². The minimum Gasteiger partial charge on any atom is -0.496 e. The number of rotatable bonds is 8. The molecule has 184 valence electrons. The van der Waals surface area contributed by atoms with Gasteiger partial charge in [-0.25, -0.2) is 8.42 Å². The first kappa shape index (κ1) is 25.7. The first-order valence-corrected chi connectivity index (χ1v) is 13.0. The number of carbonyl (C=O) groups is 2. The van der Waals surface area contributed by atoms with Crippen molar-refractivity contribution in [1.82, 2.24) is 9.62 Å². The van der Waals surface area contributed by atoms with Crippen LogP contribution in [-0.2, 0) is 10.0 Å². The van der Waals surface area contributed by atoms with Crippen LogP contribution in [0, 0.1) is 5.92 Å². The number of methoxy groups -OCH3 is 1. The Kier molecular flexibility index (Phi) is 8.68. The van der Waals surface area contributed by atoms with Gasteiger partial charge >= 0.3 is 0 Å². The minimum absolute atomic E-state index is 0.0447. The largest absolute Gasteiger partial charge is 0.496 e. The Balaban J connectivity index is 1.89. The van der Waals surface area contributed by atoms with Gasteiger partial charge < -0.3 is 15.4 Å². The maximum absolute atomic E-state index is 13.2. The molecule has 2 amide bonds. The fraction of sp³-hybridized carbons (Fsp3) is 0.440. The van der Waals surface area contributed by atoms with Crippen LogP contribution in [0.2, 0.25) is 0 Å². The fourth-order valence-corrected chi connectivity index (χ4v) is 5.37. The van der Waals surface area contributed by atoms with Crippen LogP contribution in [0.1, 0.15) is 60.2 Å². The Bertz CT molecular complexity index is 1120. The highest BCUT2D eigenvalue weighted by atomic mass is 32.2. The van der Waals surface area contributed by atoms with Crippen molar-refractivity contribution in [2.75, 3.05) is 32.1 Å². The van der Waals surface area contributed by atoms with Crippen molar-refractivity contribution in [1.29, 1.82) is 0 Å². The van der Waals surface area contributed by atoms with Gasteiger partial charge in [0.2, 0.25) is 10.0 Å². The number of anilines is 1.